The van der Waals surface area contributed by atoms with Crippen LogP contribution in [-0.2, 0) is 12.8 Å². The summed E-state index contributed by atoms with van der Waals surface area (Å²) in [7, 11) is 0. The van der Waals surface area contributed by atoms with Crippen molar-refractivity contribution in [3.05, 3.63) is 101 Å². The quantitative estimate of drug-likeness (QED) is 0.258. The second-order valence-electron chi connectivity index (χ2n) is 9.97. The molecule has 0 N–H and O–H groups in total. The van der Waals surface area contributed by atoms with E-state index in [2.05, 4.69) is 43.3 Å². The lowest BCUT2D eigenvalue weighted by atomic mass is 9.77. The Kier molecular flexibility index (Phi) is 9.33. The molecule has 1 saturated carbocycles. The predicted molar refractivity (Wildman–Crippen MR) is 146 cm³/mol. The molecule has 4 rings (SSSR count). The van der Waals surface area contributed by atoms with Gasteiger partial charge >= 0.3 is 0 Å². The second-order valence-corrected chi connectivity index (χ2v) is 9.97. The van der Waals surface area contributed by atoms with Crippen molar-refractivity contribution in [3.8, 4) is 16.9 Å². The fraction of sp³-hybridized carbons (Fsp3) is 0.394. The number of aryl methyl sites for hydroxylation is 2. The average molecular weight is 489 g/mol. The number of rotatable bonds is 10. The van der Waals surface area contributed by atoms with Crippen molar-refractivity contribution < 1.29 is 13.5 Å². The summed E-state index contributed by atoms with van der Waals surface area (Å²) in [5.74, 6) is -0.241. The van der Waals surface area contributed by atoms with Crippen LogP contribution in [0.1, 0.15) is 75.0 Å². The molecule has 190 valence electrons. The Morgan fingerprint density at radius 1 is 0.806 bits per heavy atom. The van der Waals surface area contributed by atoms with Crippen LogP contribution in [0.5, 0.6) is 5.75 Å². The summed E-state index contributed by atoms with van der Waals surface area (Å²) in [6.07, 6.45) is 14.2. The average Bonchev–Trinajstić information content (AvgIpc) is 2.92. The second kappa shape index (κ2) is 12.9. The minimum atomic E-state index is -0.931. The molecule has 3 aromatic rings. The van der Waals surface area contributed by atoms with Gasteiger partial charge in [-0.05, 0) is 111 Å². The number of allylic oxidation sites excluding steroid dienone is 2. The topological polar surface area (TPSA) is 9.23 Å². The van der Waals surface area contributed by atoms with Crippen molar-refractivity contribution in [1.29, 1.82) is 0 Å². The molecule has 0 amide bonds. The molecule has 0 bridgehead atoms. The number of ether oxygens (including phenoxy) is 1. The molecule has 0 aliphatic heterocycles. The van der Waals surface area contributed by atoms with Crippen LogP contribution in [0.15, 0.2) is 72.8 Å². The molecule has 1 aliphatic rings. The van der Waals surface area contributed by atoms with E-state index in [1.807, 2.05) is 24.3 Å². The number of benzene rings is 3. The third-order valence-electron chi connectivity index (χ3n) is 7.59. The van der Waals surface area contributed by atoms with Crippen LogP contribution in [0.2, 0.25) is 0 Å². The summed E-state index contributed by atoms with van der Waals surface area (Å²) in [6.45, 7) is 4.15. The van der Waals surface area contributed by atoms with Gasteiger partial charge in [0.2, 0.25) is 5.82 Å². The van der Waals surface area contributed by atoms with Crippen LogP contribution in [0, 0.1) is 17.6 Å². The summed E-state index contributed by atoms with van der Waals surface area (Å²) in [5, 5.41) is 0. The predicted octanol–water partition coefficient (Wildman–Crippen LogP) is 9.45. The van der Waals surface area contributed by atoms with Crippen LogP contribution < -0.4 is 4.74 Å². The van der Waals surface area contributed by atoms with Crippen LogP contribution >= 0.6 is 0 Å². The van der Waals surface area contributed by atoms with Gasteiger partial charge in [-0.15, -0.1) is 0 Å². The maximum atomic E-state index is 14.5. The number of hydrogen-bond donors (Lipinski definition) is 0. The lowest BCUT2D eigenvalue weighted by molar-refractivity contribution is 0.312. The van der Waals surface area contributed by atoms with Gasteiger partial charge in [0, 0.05) is 5.56 Å². The van der Waals surface area contributed by atoms with E-state index >= 15 is 0 Å². The molecule has 0 aromatic heterocycles. The van der Waals surface area contributed by atoms with Gasteiger partial charge in [-0.1, -0.05) is 60.7 Å². The molecule has 1 fully saturated rings. The van der Waals surface area contributed by atoms with Gasteiger partial charge < -0.3 is 4.74 Å². The first kappa shape index (κ1) is 26.1. The molecule has 1 aliphatic carbocycles. The van der Waals surface area contributed by atoms with Crippen molar-refractivity contribution in [3.63, 3.8) is 0 Å². The first-order chi connectivity index (χ1) is 17.6. The molecule has 0 saturated heterocycles. The van der Waals surface area contributed by atoms with E-state index in [1.165, 1.54) is 61.3 Å². The minimum absolute atomic E-state index is 0.0471. The Labute approximate surface area is 215 Å². The fourth-order valence-corrected chi connectivity index (χ4v) is 5.40. The SMILES string of the molecule is C/C=C/CCC1CCC(c2ccc(CCc3ccc(-c4ccc(OCC)c(F)c4F)cc3)cc2)CC1. The zero-order valence-corrected chi connectivity index (χ0v) is 21.6. The van der Waals surface area contributed by atoms with Gasteiger partial charge in [-0.2, -0.15) is 4.39 Å². The molecule has 0 radical (unpaired) electrons. The maximum absolute atomic E-state index is 14.5. The standard InChI is InChI=1S/C33H38F2O/c1-3-5-6-7-24-10-16-27(17-11-24)28-18-12-25(13-19-28)8-9-26-14-20-29(21-15-26)30-22-23-31(36-4-2)33(35)32(30)34/h3,5,12-15,18-24,27H,4,6-11,16-17H2,1-2H3/b5-3+. The van der Waals surface area contributed by atoms with Crippen molar-refractivity contribution >= 4 is 0 Å². The third-order valence-corrected chi connectivity index (χ3v) is 7.59. The van der Waals surface area contributed by atoms with E-state index in [-0.39, 0.29) is 11.3 Å². The highest BCUT2D eigenvalue weighted by atomic mass is 19.2. The van der Waals surface area contributed by atoms with Crippen molar-refractivity contribution in [2.45, 2.75) is 71.1 Å². The smallest absolute Gasteiger partial charge is 0.201 e. The van der Waals surface area contributed by atoms with E-state index in [1.54, 1.807) is 13.0 Å². The van der Waals surface area contributed by atoms with Gasteiger partial charge in [-0.3, -0.25) is 0 Å². The Balaban J connectivity index is 1.29. The highest BCUT2D eigenvalue weighted by molar-refractivity contribution is 5.65. The van der Waals surface area contributed by atoms with E-state index < -0.39 is 11.6 Å². The lowest BCUT2D eigenvalue weighted by Gasteiger charge is -2.28. The molecule has 36 heavy (non-hydrogen) atoms. The Morgan fingerprint density at radius 3 is 2.06 bits per heavy atom. The van der Waals surface area contributed by atoms with Crippen LogP contribution in [0.3, 0.4) is 0 Å². The lowest BCUT2D eigenvalue weighted by Crippen LogP contribution is -2.13. The van der Waals surface area contributed by atoms with Crippen LogP contribution in [-0.4, -0.2) is 6.61 Å². The summed E-state index contributed by atoms with van der Waals surface area (Å²) < 4.78 is 33.9. The van der Waals surface area contributed by atoms with Crippen molar-refractivity contribution in [1.82, 2.24) is 0 Å². The van der Waals surface area contributed by atoms with Gasteiger partial charge in [0.1, 0.15) is 0 Å². The molecular formula is C33H38F2O. The van der Waals surface area contributed by atoms with Crippen LogP contribution in [0.25, 0.3) is 11.1 Å². The van der Waals surface area contributed by atoms with Gasteiger partial charge in [0.05, 0.1) is 6.61 Å². The van der Waals surface area contributed by atoms with Gasteiger partial charge in [-0.25, -0.2) is 4.39 Å². The van der Waals surface area contributed by atoms with Gasteiger partial charge in [0.25, 0.3) is 0 Å². The number of halogens is 2. The Bertz CT molecular complexity index is 1120. The van der Waals surface area contributed by atoms with Crippen LogP contribution in [0.4, 0.5) is 8.78 Å². The van der Waals surface area contributed by atoms with E-state index in [9.17, 15) is 8.78 Å². The summed E-state index contributed by atoms with van der Waals surface area (Å²) in [6, 6.07) is 20.0. The highest BCUT2D eigenvalue weighted by Crippen LogP contribution is 2.37. The van der Waals surface area contributed by atoms with Crippen molar-refractivity contribution in [2.24, 2.45) is 5.92 Å². The normalized spacial score (nSPS) is 18.0. The highest BCUT2D eigenvalue weighted by Gasteiger charge is 2.22. The summed E-state index contributed by atoms with van der Waals surface area (Å²) in [5.41, 5.74) is 4.93. The third kappa shape index (κ3) is 6.63. The molecule has 0 atom stereocenters. The monoisotopic (exact) mass is 488 g/mol. The molecule has 3 aromatic carbocycles. The Morgan fingerprint density at radius 2 is 1.44 bits per heavy atom. The maximum Gasteiger partial charge on any atom is 0.201 e. The van der Waals surface area contributed by atoms with E-state index in [4.69, 9.17) is 4.74 Å². The van der Waals surface area contributed by atoms with Gasteiger partial charge in [0.15, 0.2) is 11.6 Å². The first-order valence-electron chi connectivity index (χ1n) is 13.5. The van der Waals surface area contributed by atoms with E-state index in [0.717, 1.165) is 18.8 Å². The zero-order valence-electron chi connectivity index (χ0n) is 21.6. The van der Waals surface area contributed by atoms with E-state index in [0.29, 0.717) is 18.1 Å². The molecule has 0 unspecified atom stereocenters. The summed E-state index contributed by atoms with van der Waals surface area (Å²) in [4.78, 5) is 0. The molecule has 3 heteroatoms. The molecule has 1 nitrogen and oxygen atoms in total. The Hall–Kier alpha value is -2.94. The zero-order chi connectivity index (χ0) is 25.3. The summed E-state index contributed by atoms with van der Waals surface area (Å²) >= 11 is 0. The fourth-order valence-electron chi connectivity index (χ4n) is 5.40. The number of hydrogen-bond acceptors (Lipinski definition) is 1. The molecule has 0 heterocycles. The molecule has 0 spiro atoms. The molecular weight excluding hydrogens is 450 g/mol. The first-order valence-corrected chi connectivity index (χ1v) is 13.5. The minimum Gasteiger partial charge on any atom is -0.491 e. The van der Waals surface area contributed by atoms with Crippen molar-refractivity contribution in [2.75, 3.05) is 6.61 Å². The largest absolute Gasteiger partial charge is 0.491 e.